The van der Waals surface area contributed by atoms with Gasteiger partial charge in [-0.15, -0.1) is 0 Å². The van der Waals surface area contributed by atoms with Crippen LogP contribution in [0.25, 0.3) is 0 Å². The normalized spacial score (nSPS) is 12.7. The number of benzene rings is 1. The largest absolute Gasteiger partial charge is 0.467 e. The summed E-state index contributed by atoms with van der Waals surface area (Å²) in [4.78, 5) is 24.0. The van der Waals surface area contributed by atoms with Crippen molar-refractivity contribution in [2.75, 3.05) is 7.11 Å². The smallest absolute Gasteiger partial charge is 0.328 e. The molecule has 0 radical (unpaired) electrons. The monoisotopic (exact) mass is 263 g/mol. The van der Waals surface area contributed by atoms with Gasteiger partial charge in [-0.25, -0.2) is 4.79 Å². The fourth-order valence-electron chi connectivity index (χ4n) is 1.78. The van der Waals surface area contributed by atoms with Gasteiger partial charge in [0.25, 0.3) is 5.91 Å². The highest BCUT2D eigenvalue weighted by molar-refractivity contribution is 5.98. The van der Waals surface area contributed by atoms with Crippen LogP contribution < -0.4 is 5.32 Å². The lowest BCUT2D eigenvalue weighted by Gasteiger charge is -2.29. The van der Waals surface area contributed by atoms with Crippen molar-refractivity contribution in [1.29, 1.82) is 0 Å². The Balaban J connectivity index is 2.95. The van der Waals surface area contributed by atoms with Crippen LogP contribution in [-0.4, -0.2) is 25.0 Å². The van der Waals surface area contributed by atoms with Crippen molar-refractivity contribution in [3.63, 3.8) is 0 Å². The van der Waals surface area contributed by atoms with Gasteiger partial charge in [0.1, 0.15) is 6.04 Å². The van der Waals surface area contributed by atoms with E-state index in [4.69, 9.17) is 4.74 Å². The summed E-state index contributed by atoms with van der Waals surface area (Å²) in [6.07, 6.45) is 0. The van der Waals surface area contributed by atoms with Crippen molar-refractivity contribution in [3.8, 4) is 0 Å². The first kappa shape index (κ1) is 15.2. The molecule has 0 heterocycles. The standard InChI is InChI=1S/C15H21NO3/c1-10-8-6-7-9-11(10)13(17)16-12(14(18)19-5)15(2,3)4/h6-9,12H,1-5H3,(H,16,17)/t12-/m1/s1. The van der Waals surface area contributed by atoms with E-state index in [1.807, 2.05) is 39.8 Å². The van der Waals surface area contributed by atoms with E-state index in [1.165, 1.54) is 7.11 Å². The second-order valence-electron chi connectivity index (χ2n) is 5.61. The van der Waals surface area contributed by atoms with Crippen LogP contribution in [0.5, 0.6) is 0 Å². The van der Waals surface area contributed by atoms with Gasteiger partial charge in [-0.2, -0.15) is 0 Å². The van der Waals surface area contributed by atoms with Gasteiger partial charge in [0, 0.05) is 5.56 Å². The molecule has 0 aliphatic heterocycles. The molecule has 4 heteroatoms. The van der Waals surface area contributed by atoms with Crippen molar-refractivity contribution >= 4 is 11.9 Å². The van der Waals surface area contributed by atoms with Gasteiger partial charge < -0.3 is 10.1 Å². The maximum absolute atomic E-state index is 12.2. The molecule has 0 aromatic heterocycles. The van der Waals surface area contributed by atoms with Crippen molar-refractivity contribution < 1.29 is 14.3 Å². The summed E-state index contributed by atoms with van der Waals surface area (Å²) in [6.45, 7) is 7.51. The molecule has 1 rings (SSSR count). The summed E-state index contributed by atoms with van der Waals surface area (Å²) >= 11 is 0. The minimum absolute atomic E-state index is 0.261. The minimum atomic E-state index is -0.676. The number of ether oxygens (including phenoxy) is 1. The molecule has 4 nitrogen and oxygen atoms in total. The van der Waals surface area contributed by atoms with Gasteiger partial charge >= 0.3 is 5.97 Å². The molecule has 1 atom stereocenters. The van der Waals surface area contributed by atoms with Crippen LogP contribution in [0.2, 0.25) is 0 Å². The Morgan fingerprint density at radius 3 is 2.26 bits per heavy atom. The fraction of sp³-hybridized carbons (Fsp3) is 0.467. The van der Waals surface area contributed by atoms with Crippen LogP contribution in [0.3, 0.4) is 0 Å². The van der Waals surface area contributed by atoms with E-state index >= 15 is 0 Å². The summed E-state index contributed by atoms with van der Waals surface area (Å²) in [5, 5.41) is 2.75. The van der Waals surface area contributed by atoms with Crippen molar-refractivity contribution in [2.45, 2.75) is 33.7 Å². The number of methoxy groups -OCH3 is 1. The van der Waals surface area contributed by atoms with Crippen LogP contribution in [0.1, 0.15) is 36.7 Å². The quantitative estimate of drug-likeness (QED) is 0.851. The van der Waals surface area contributed by atoms with Crippen molar-refractivity contribution in [2.24, 2.45) is 5.41 Å². The van der Waals surface area contributed by atoms with E-state index in [1.54, 1.807) is 12.1 Å². The van der Waals surface area contributed by atoms with Crippen molar-refractivity contribution in [1.82, 2.24) is 5.32 Å². The maximum Gasteiger partial charge on any atom is 0.328 e. The molecule has 1 N–H and O–H groups in total. The Morgan fingerprint density at radius 1 is 1.21 bits per heavy atom. The Kier molecular flexibility index (Phi) is 4.70. The molecule has 0 bridgehead atoms. The molecule has 0 unspecified atom stereocenters. The van der Waals surface area contributed by atoms with Gasteiger partial charge in [-0.1, -0.05) is 39.0 Å². The number of carbonyl (C=O) groups excluding carboxylic acids is 2. The van der Waals surface area contributed by atoms with Crippen LogP contribution in [0.4, 0.5) is 0 Å². The molecule has 0 fully saturated rings. The predicted octanol–water partition coefficient (Wildman–Crippen LogP) is 2.31. The molecule has 0 spiro atoms. The molecule has 104 valence electrons. The number of aryl methyl sites for hydroxylation is 1. The molecule has 1 aromatic carbocycles. The van der Waals surface area contributed by atoms with Crippen LogP contribution in [0, 0.1) is 12.3 Å². The predicted molar refractivity (Wildman–Crippen MR) is 73.9 cm³/mol. The van der Waals surface area contributed by atoms with E-state index in [9.17, 15) is 9.59 Å². The highest BCUT2D eigenvalue weighted by atomic mass is 16.5. The zero-order valence-corrected chi connectivity index (χ0v) is 12.1. The molecule has 0 aliphatic rings. The Morgan fingerprint density at radius 2 is 1.79 bits per heavy atom. The average molecular weight is 263 g/mol. The molecular formula is C15H21NO3. The lowest BCUT2D eigenvalue weighted by Crippen LogP contribution is -2.49. The van der Waals surface area contributed by atoms with Gasteiger partial charge in [-0.3, -0.25) is 4.79 Å². The Hall–Kier alpha value is -1.84. The lowest BCUT2D eigenvalue weighted by atomic mass is 9.86. The number of hydrogen-bond donors (Lipinski definition) is 1. The van der Waals surface area contributed by atoms with E-state index < -0.39 is 17.4 Å². The number of carbonyl (C=O) groups is 2. The number of amides is 1. The fourth-order valence-corrected chi connectivity index (χ4v) is 1.78. The molecule has 19 heavy (non-hydrogen) atoms. The molecular weight excluding hydrogens is 242 g/mol. The number of rotatable bonds is 3. The molecule has 0 saturated carbocycles. The Labute approximate surface area is 114 Å². The van der Waals surface area contributed by atoms with Gasteiger partial charge in [-0.05, 0) is 24.0 Å². The first-order chi connectivity index (χ1) is 8.77. The lowest BCUT2D eigenvalue weighted by molar-refractivity contribution is -0.145. The molecule has 1 aromatic rings. The zero-order chi connectivity index (χ0) is 14.6. The highest BCUT2D eigenvalue weighted by Crippen LogP contribution is 2.21. The number of esters is 1. The maximum atomic E-state index is 12.2. The summed E-state index contributed by atoms with van der Waals surface area (Å²) in [5.41, 5.74) is 1.03. The second-order valence-corrected chi connectivity index (χ2v) is 5.61. The molecule has 1 amide bonds. The van der Waals surface area contributed by atoms with E-state index in [0.717, 1.165) is 5.56 Å². The number of hydrogen-bond acceptors (Lipinski definition) is 3. The number of nitrogens with one attached hydrogen (secondary N) is 1. The van der Waals surface area contributed by atoms with E-state index in [-0.39, 0.29) is 5.91 Å². The van der Waals surface area contributed by atoms with Crippen LogP contribution in [-0.2, 0) is 9.53 Å². The summed E-state index contributed by atoms with van der Waals surface area (Å²) < 4.78 is 4.75. The van der Waals surface area contributed by atoms with E-state index in [2.05, 4.69) is 5.32 Å². The average Bonchev–Trinajstić information content (AvgIpc) is 2.34. The second kappa shape index (κ2) is 5.87. The highest BCUT2D eigenvalue weighted by Gasteiger charge is 2.33. The van der Waals surface area contributed by atoms with Gasteiger partial charge in [0.2, 0.25) is 0 Å². The summed E-state index contributed by atoms with van der Waals surface area (Å²) in [5.74, 6) is -0.696. The first-order valence-electron chi connectivity index (χ1n) is 6.21. The van der Waals surface area contributed by atoms with Crippen LogP contribution in [0.15, 0.2) is 24.3 Å². The summed E-state index contributed by atoms with van der Waals surface area (Å²) in [7, 11) is 1.32. The molecule has 0 saturated heterocycles. The SMILES string of the molecule is COC(=O)[C@@H](NC(=O)c1ccccc1C)C(C)(C)C. The summed E-state index contributed by atoms with van der Waals surface area (Å²) in [6, 6.07) is 6.59. The van der Waals surface area contributed by atoms with E-state index in [0.29, 0.717) is 5.56 Å². The van der Waals surface area contributed by atoms with Gasteiger partial charge in [0.15, 0.2) is 0 Å². The Bertz CT molecular complexity index is 475. The van der Waals surface area contributed by atoms with Crippen LogP contribution >= 0.6 is 0 Å². The minimum Gasteiger partial charge on any atom is -0.467 e. The topological polar surface area (TPSA) is 55.4 Å². The third-order valence-electron chi connectivity index (χ3n) is 2.97. The third-order valence-corrected chi connectivity index (χ3v) is 2.97. The molecule has 0 aliphatic carbocycles. The zero-order valence-electron chi connectivity index (χ0n) is 12.1. The first-order valence-corrected chi connectivity index (χ1v) is 6.21. The third kappa shape index (κ3) is 3.81. The van der Waals surface area contributed by atoms with Gasteiger partial charge in [0.05, 0.1) is 7.11 Å². The van der Waals surface area contributed by atoms with Crippen molar-refractivity contribution in [3.05, 3.63) is 35.4 Å².